The van der Waals surface area contributed by atoms with Crippen LogP contribution in [0.15, 0.2) is 12.1 Å². The van der Waals surface area contributed by atoms with E-state index in [1.165, 1.54) is 4.90 Å². The first kappa shape index (κ1) is 23.0. The standard InChI is InChI=1S/C23H28ClF3N4O/c1-4-18-20(21(32)29(13-16-5-6-16)8-7-23(25,26)27)31-10-9-30(22(31)28-18)19-15(3)11-14(2)12-17(19)24/h11-12,16H,4-10,13H2,1-3H3. The monoisotopic (exact) mass is 468 g/mol. The van der Waals surface area contributed by atoms with Crippen molar-refractivity contribution in [3.63, 3.8) is 0 Å². The summed E-state index contributed by atoms with van der Waals surface area (Å²) < 4.78 is 40.6. The van der Waals surface area contributed by atoms with Gasteiger partial charge in [0.15, 0.2) is 0 Å². The molecule has 2 aromatic rings. The third-order valence-electron chi connectivity index (χ3n) is 6.14. The largest absolute Gasteiger partial charge is 0.390 e. The Kier molecular flexibility index (Phi) is 6.18. The van der Waals surface area contributed by atoms with Crippen LogP contribution in [0.5, 0.6) is 0 Å². The van der Waals surface area contributed by atoms with Gasteiger partial charge in [-0.1, -0.05) is 24.6 Å². The fourth-order valence-electron chi connectivity index (χ4n) is 4.45. The average Bonchev–Trinajstić information content (AvgIpc) is 3.31. The highest BCUT2D eigenvalue weighted by molar-refractivity contribution is 6.33. The van der Waals surface area contributed by atoms with Gasteiger partial charge in [-0.15, -0.1) is 0 Å². The zero-order chi connectivity index (χ0) is 23.2. The predicted octanol–water partition coefficient (Wildman–Crippen LogP) is 5.67. The van der Waals surface area contributed by atoms with Crippen LogP contribution >= 0.6 is 11.6 Å². The second-order valence-corrected chi connectivity index (χ2v) is 9.24. The number of nitrogens with zero attached hydrogens (tertiary/aromatic N) is 4. The third kappa shape index (κ3) is 4.60. The molecule has 4 rings (SSSR count). The summed E-state index contributed by atoms with van der Waals surface area (Å²) in [5, 5.41) is 0.616. The molecule has 0 saturated heterocycles. The van der Waals surface area contributed by atoms with Crippen molar-refractivity contribution in [1.29, 1.82) is 0 Å². The van der Waals surface area contributed by atoms with Crippen LogP contribution < -0.4 is 4.90 Å². The highest BCUT2D eigenvalue weighted by Crippen LogP contribution is 2.39. The van der Waals surface area contributed by atoms with E-state index >= 15 is 0 Å². The van der Waals surface area contributed by atoms with Gasteiger partial charge in [0.2, 0.25) is 5.95 Å². The highest BCUT2D eigenvalue weighted by atomic mass is 35.5. The summed E-state index contributed by atoms with van der Waals surface area (Å²) in [5.74, 6) is 0.565. The predicted molar refractivity (Wildman–Crippen MR) is 119 cm³/mol. The first-order valence-electron chi connectivity index (χ1n) is 11.1. The van der Waals surface area contributed by atoms with Crippen LogP contribution in [0.1, 0.15) is 53.5 Å². The van der Waals surface area contributed by atoms with Crippen molar-refractivity contribution in [1.82, 2.24) is 14.5 Å². The molecule has 1 aromatic heterocycles. The number of benzene rings is 1. The number of amides is 1. The van der Waals surface area contributed by atoms with E-state index in [0.29, 0.717) is 54.3 Å². The lowest BCUT2D eigenvalue weighted by molar-refractivity contribution is -0.136. The maximum absolute atomic E-state index is 13.5. The number of alkyl halides is 3. The van der Waals surface area contributed by atoms with Crippen molar-refractivity contribution in [2.24, 2.45) is 5.92 Å². The Morgan fingerprint density at radius 2 is 1.97 bits per heavy atom. The topological polar surface area (TPSA) is 41.4 Å². The van der Waals surface area contributed by atoms with Crippen molar-refractivity contribution < 1.29 is 18.0 Å². The van der Waals surface area contributed by atoms with Gasteiger partial charge in [0, 0.05) is 26.2 Å². The fourth-order valence-corrected chi connectivity index (χ4v) is 4.88. The molecule has 0 bridgehead atoms. The first-order chi connectivity index (χ1) is 15.1. The second kappa shape index (κ2) is 8.61. The summed E-state index contributed by atoms with van der Waals surface area (Å²) >= 11 is 6.56. The second-order valence-electron chi connectivity index (χ2n) is 8.84. The summed E-state index contributed by atoms with van der Waals surface area (Å²) in [6.45, 7) is 7.05. The molecule has 1 amide bonds. The van der Waals surface area contributed by atoms with Gasteiger partial charge in [-0.2, -0.15) is 13.2 Å². The number of halogens is 4. The molecule has 2 aliphatic rings. The molecular formula is C23H28ClF3N4O. The Bertz CT molecular complexity index is 1010. The first-order valence-corrected chi connectivity index (χ1v) is 11.5. The number of aryl methyl sites for hydroxylation is 3. The number of carbonyl (C=O) groups is 1. The number of aromatic nitrogens is 2. The lowest BCUT2D eigenvalue weighted by Gasteiger charge is -2.24. The lowest BCUT2D eigenvalue weighted by atomic mass is 10.1. The molecule has 174 valence electrons. The average molecular weight is 469 g/mol. The number of anilines is 2. The summed E-state index contributed by atoms with van der Waals surface area (Å²) in [7, 11) is 0. The molecule has 32 heavy (non-hydrogen) atoms. The van der Waals surface area contributed by atoms with Crippen LogP contribution in [0, 0.1) is 19.8 Å². The molecule has 1 aliphatic carbocycles. The van der Waals surface area contributed by atoms with Crippen molar-refractivity contribution in [3.8, 4) is 0 Å². The maximum Gasteiger partial charge on any atom is 0.390 e. The summed E-state index contributed by atoms with van der Waals surface area (Å²) in [6, 6.07) is 3.95. The van der Waals surface area contributed by atoms with Gasteiger partial charge in [0.05, 0.1) is 22.8 Å². The number of hydrogen-bond donors (Lipinski definition) is 0. The quantitative estimate of drug-likeness (QED) is 0.525. The minimum atomic E-state index is -4.30. The van der Waals surface area contributed by atoms with Gasteiger partial charge in [-0.05, 0) is 56.2 Å². The van der Waals surface area contributed by atoms with E-state index in [2.05, 4.69) is 0 Å². The fraction of sp³-hybridized carbons (Fsp3) is 0.565. The van der Waals surface area contributed by atoms with Crippen LogP contribution in [-0.2, 0) is 13.0 Å². The number of rotatable bonds is 7. The van der Waals surface area contributed by atoms with Crippen LogP contribution in [-0.4, -0.2) is 46.2 Å². The highest BCUT2D eigenvalue weighted by Gasteiger charge is 2.37. The van der Waals surface area contributed by atoms with E-state index < -0.39 is 12.6 Å². The molecule has 5 nitrogen and oxygen atoms in total. The normalized spacial score (nSPS) is 15.9. The summed E-state index contributed by atoms with van der Waals surface area (Å²) in [5.41, 5.74) is 3.95. The number of imidazole rings is 1. The van der Waals surface area contributed by atoms with Crippen LogP contribution in [0.3, 0.4) is 0 Å². The molecule has 9 heteroatoms. The minimum absolute atomic E-state index is 0.295. The van der Waals surface area contributed by atoms with Crippen LogP contribution in [0.4, 0.5) is 24.8 Å². The Morgan fingerprint density at radius 3 is 2.56 bits per heavy atom. The van der Waals surface area contributed by atoms with Crippen molar-refractivity contribution in [2.75, 3.05) is 24.5 Å². The van der Waals surface area contributed by atoms with E-state index in [1.54, 1.807) is 0 Å². The van der Waals surface area contributed by atoms with Gasteiger partial charge < -0.3 is 14.4 Å². The molecule has 1 fully saturated rings. The van der Waals surface area contributed by atoms with Crippen molar-refractivity contribution in [3.05, 3.63) is 39.7 Å². The van der Waals surface area contributed by atoms with E-state index in [4.69, 9.17) is 16.6 Å². The molecule has 1 saturated carbocycles. The molecule has 1 aliphatic heterocycles. The zero-order valence-electron chi connectivity index (χ0n) is 18.6. The Hall–Kier alpha value is -2.22. The SMILES string of the molecule is CCc1nc2n(c1C(=O)N(CCC(F)(F)F)CC1CC1)CCN2c1c(C)cc(C)cc1Cl. The van der Waals surface area contributed by atoms with Gasteiger partial charge in [-0.25, -0.2) is 4.98 Å². The van der Waals surface area contributed by atoms with Gasteiger partial charge in [-0.3, -0.25) is 4.79 Å². The number of hydrogen-bond acceptors (Lipinski definition) is 3. The minimum Gasteiger partial charge on any atom is -0.337 e. The molecule has 2 heterocycles. The Labute approximate surface area is 191 Å². The zero-order valence-corrected chi connectivity index (χ0v) is 19.4. The van der Waals surface area contributed by atoms with Gasteiger partial charge in [0.25, 0.3) is 5.91 Å². The van der Waals surface area contributed by atoms with Gasteiger partial charge in [0.1, 0.15) is 5.69 Å². The molecule has 0 atom stereocenters. The molecule has 0 unspecified atom stereocenters. The summed E-state index contributed by atoms with van der Waals surface area (Å²) in [6.07, 6.45) is -2.87. The van der Waals surface area contributed by atoms with Crippen molar-refractivity contribution in [2.45, 2.75) is 59.2 Å². The van der Waals surface area contributed by atoms with Crippen LogP contribution in [0.2, 0.25) is 5.02 Å². The Morgan fingerprint density at radius 1 is 1.25 bits per heavy atom. The molecule has 0 N–H and O–H groups in total. The summed E-state index contributed by atoms with van der Waals surface area (Å²) in [4.78, 5) is 21.6. The van der Waals surface area contributed by atoms with E-state index in [1.807, 2.05) is 42.4 Å². The smallest absolute Gasteiger partial charge is 0.337 e. The van der Waals surface area contributed by atoms with E-state index in [9.17, 15) is 18.0 Å². The molecule has 1 aromatic carbocycles. The maximum atomic E-state index is 13.5. The van der Waals surface area contributed by atoms with Gasteiger partial charge >= 0.3 is 6.18 Å². The van der Waals surface area contributed by atoms with Crippen LogP contribution in [0.25, 0.3) is 0 Å². The molecular weight excluding hydrogens is 441 g/mol. The number of fused-ring (bicyclic) bond motifs is 1. The Balaban J connectivity index is 1.69. The van der Waals surface area contributed by atoms with E-state index in [-0.39, 0.29) is 12.5 Å². The molecule has 0 spiro atoms. The van der Waals surface area contributed by atoms with Crippen molar-refractivity contribution >= 4 is 29.1 Å². The third-order valence-corrected chi connectivity index (χ3v) is 6.43. The van der Waals surface area contributed by atoms with E-state index in [0.717, 1.165) is 29.7 Å². The number of carbonyl (C=O) groups excluding carboxylic acids is 1. The molecule has 0 radical (unpaired) electrons. The lowest BCUT2D eigenvalue weighted by Crippen LogP contribution is -2.37.